The van der Waals surface area contributed by atoms with Gasteiger partial charge >= 0.3 is 0 Å². The van der Waals surface area contributed by atoms with Gasteiger partial charge in [0.05, 0.1) is 0 Å². The number of rotatable bonds is 4. The normalized spacial score (nSPS) is 10.1. The van der Waals surface area contributed by atoms with Crippen LogP contribution in [0.4, 0.5) is 5.69 Å². The summed E-state index contributed by atoms with van der Waals surface area (Å²) in [5, 5.41) is 2.85. The Hall–Kier alpha value is -3.14. The maximum absolute atomic E-state index is 12.2. The van der Waals surface area contributed by atoms with E-state index in [9.17, 15) is 4.79 Å². The van der Waals surface area contributed by atoms with Crippen molar-refractivity contribution in [3.63, 3.8) is 0 Å². The number of ether oxygens (including phenoxy) is 1. The van der Waals surface area contributed by atoms with Crippen molar-refractivity contribution in [1.82, 2.24) is 4.98 Å². The number of benzene rings is 2. The Morgan fingerprint density at radius 3 is 2.35 bits per heavy atom. The number of aromatic nitrogens is 1. The fourth-order valence-corrected chi connectivity index (χ4v) is 2.12. The number of pyridine rings is 1. The van der Waals surface area contributed by atoms with Crippen LogP contribution < -0.4 is 10.1 Å². The Morgan fingerprint density at radius 2 is 1.65 bits per heavy atom. The van der Waals surface area contributed by atoms with E-state index in [2.05, 4.69) is 10.3 Å². The number of hydrogen-bond donors (Lipinski definition) is 1. The van der Waals surface area contributed by atoms with Gasteiger partial charge in [-0.1, -0.05) is 18.2 Å². The Morgan fingerprint density at radius 1 is 0.957 bits per heavy atom. The molecule has 0 unspecified atom stereocenters. The minimum Gasteiger partial charge on any atom is -0.457 e. The topological polar surface area (TPSA) is 51.2 Å². The van der Waals surface area contributed by atoms with Crippen LogP contribution in [0.1, 0.15) is 16.1 Å². The first kappa shape index (κ1) is 14.8. The summed E-state index contributed by atoms with van der Waals surface area (Å²) in [6.45, 7) is 1.85. The third kappa shape index (κ3) is 3.95. The second-order valence-electron chi connectivity index (χ2n) is 5.08. The lowest BCUT2D eigenvalue weighted by Crippen LogP contribution is -2.12. The fourth-order valence-electron chi connectivity index (χ4n) is 2.12. The molecular weight excluding hydrogens is 288 g/mol. The van der Waals surface area contributed by atoms with Crippen molar-refractivity contribution in [2.75, 3.05) is 5.32 Å². The number of para-hydroxylation sites is 1. The lowest BCUT2D eigenvalue weighted by Gasteiger charge is -2.08. The number of carbonyl (C=O) groups is 1. The van der Waals surface area contributed by atoms with E-state index in [1.54, 1.807) is 18.3 Å². The molecule has 0 fully saturated rings. The number of carbonyl (C=O) groups excluding carboxylic acids is 1. The fraction of sp³-hybridized carbons (Fsp3) is 0.0526. The number of anilines is 1. The summed E-state index contributed by atoms with van der Waals surface area (Å²) in [7, 11) is 0. The quantitative estimate of drug-likeness (QED) is 0.775. The predicted octanol–water partition coefficient (Wildman–Crippen LogP) is 4.43. The molecule has 114 valence electrons. The van der Waals surface area contributed by atoms with Crippen LogP contribution in [-0.4, -0.2) is 10.9 Å². The van der Waals surface area contributed by atoms with Crippen molar-refractivity contribution >= 4 is 11.6 Å². The minimum absolute atomic E-state index is 0.160. The van der Waals surface area contributed by atoms with Gasteiger partial charge in [-0.05, 0) is 55.5 Å². The van der Waals surface area contributed by atoms with E-state index in [1.165, 1.54) is 0 Å². The number of nitrogens with zero attached hydrogens (tertiary/aromatic N) is 1. The highest BCUT2D eigenvalue weighted by Gasteiger charge is 2.06. The zero-order valence-corrected chi connectivity index (χ0v) is 12.7. The van der Waals surface area contributed by atoms with Gasteiger partial charge < -0.3 is 10.1 Å². The first-order chi connectivity index (χ1) is 11.2. The van der Waals surface area contributed by atoms with Gasteiger partial charge in [0, 0.05) is 23.1 Å². The SMILES string of the molecule is Cc1cc(C(=O)Nc2ccc(Oc3ccccc3)cc2)ccn1. The average Bonchev–Trinajstić information content (AvgIpc) is 2.57. The number of aryl methyl sites for hydroxylation is 1. The van der Waals surface area contributed by atoms with Gasteiger partial charge in [0.2, 0.25) is 0 Å². The number of amides is 1. The molecule has 0 bridgehead atoms. The Labute approximate surface area is 134 Å². The van der Waals surface area contributed by atoms with Gasteiger partial charge in [0.15, 0.2) is 0 Å². The third-order valence-corrected chi connectivity index (χ3v) is 3.25. The summed E-state index contributed by atoms with van der Waals surface area (Å²) < 4.78 is 5.72. The van der Waals surface area contributed by atoms with Crippen LogP contribution in [0.2, 0.25) is 0 Å². The summed E-state index contributed by atoms with van der Waals surface area (Å²) in [6.07, 6.45) is 1.63. The van der Waals surface area contributed by atoms with Gasteiger partial charge in [0.1, 0.15) is 11.5 Å². The van der Waals surface area contributed by atoms with Crippen LogP contribution in [0, 0.1) is 6.92 Å². The molecule has 1 heterocycles. The highest BCUT2D eigenvalue weighted by molar-refractivity contribution is 6.04. The standard InChI is InChI=1S/C19H16N2O2/c1-14-13-15(11-12-20-14)19(22)21-16-7-9-18(10-8-16)23-17-5-3-2-4-6-17/h2-13H,1H3,(H,21,22). The molecule has 3 aromatic rings. The van der Waals surface area contributed by atoms with Crippen LogP contribution in [0.15, 0.2) is 72.9 Å². The predicted molar refractivity (Wildman–Crippen MR) is 89.9 cm³/mol. The molecular formula is C19H16N2O2. The number of nitrogens with one attached hydrogen (secondary N) is 1. The second kappa shape index (κ2) is 6.75. The van der Waals surface area contributed by atoms with E-state index in [1.807, 2.05) is 61.5 Å². The molecule has 0 saturated carbocycles. The molecule has 1 aromatic heterocycles. The van der Waals surface area contributed by atoms with Crippen LogP contribution in [0.3, 0.4) is 0 Å². The highest BCUT2D eigenvalue weighted by Crippen LogP contribution is 2.22. The van der Waals surface area contributed by atoms with E-state index in [0.717, 1.165) is 11.4 Å². The van der Waals surface area contributed by atoms with Crippen molar-refractivity contribution < 1.29 is 9.53 Å². The highest BCUT2D eigenvalue weighted by atomic mass is 16.5. The van der Waals surface area contributed by atoms with Crippen LogP contribution in [0.25, 0.3) is 0 Å². The molecule has 4 nitrogen and oxygen atoms in total. The molecule has 0 spiro atoms. The first-order valence-corrected chi connectivity index (χ1v) is 7.28. The molecule has 0 saturated heterocycles. The molecule has 23 heavy (non-hydrogen) atoms. The van der Waals surface area contributed by atoms with E-state index in [0.29, 0.717) is 17.0 Å². The van der Waals surface area contributed by atoms with Gasteiger partial charge in [-0.25, -0.2) is 0 Å². The van der Waals surface area contributed by atoms with Gasteiger partial charge in [-0.15, -0.1) is 0 Å². The van der Waals surface area contributed by atoms with E-state index >= 15 is 0 Å². The van der Waals surface area contributed by atoms with Crippen molar-refractivity contribution in [2.45, 2.75) is 6.92 Å². The molecule has 2 aromatic carbocycles. The van der Waals surface area contributed by atoms with E-state index < -0.39 is 0 Å². The summed E-state index contributed by atoms with van der Waals surface area (Å²) >= 11 is 0. The van der Waals surface area contributed by atoms with Gasteiger partial charge in [-0.3, -0.25) is 9.78 Å². The molecule has 0 aliphatic rings. The second-order valence-corrected chi connectivity index (χ2v) is 5.08. The Balaban J connectivity index is 1.67. The smallest absolute Gasteiger partial charge is 0.255 e. The molecule has 0 aliphatic heterocycles. The zero-order chi connectivity index (χ0) is 16.1. The van der Waals surface area contributed by atoms with E-state index in [-0.39, 0.29) is 5.91 Å². The van der Waals surface area contributed by atoms with E-state index in [4.69, 9.17) is 4.74 Å². The number of hydrogen-bond acceptors (Lipinski definition) is 3. The molecule has 3 rings (SSSR count). The monoisotopic (exact) mass is 304 g/mol. The molecule has 1 N–H and O–H groups in total. The molecule has 0 radical (unpaired) electrons. The molecule has 0 aliphatic carbocycles. The van der Waals surface area contributed by atoms with Crippen LogP contribution >= 0.6 is 0 Å². The van der Waals surface area contributed by atoms with Crippen LogP contribution in [-0.2, 0) is 0 Å². The summed E-state index contributed by atoms with van der Waals surface area (Å²) in [5.41, 5.74) is 2.11. The largest absolute Gasteiger partial charge is 0.457 e. The average molecular weight is 304 g/mol. The van der Waals surface area contributed by atoms with Gasteiger partial charge in [0.25, 0.3) is 5.91 Å². The lowest BCUT2D eigenvalue weighted by molar-refractivity contribution is 0.102. The third-order valence-electron chi connectivity index (χ3n) is 3.25. The molecule has 1 amide bonds. The summed E-state index contributed by atoms with van der Waals surface area (Å²) in [4.78, 5) is 16.3. The van der Waals surface area contributed by atoms with Crippen molar-refractivity contribution in [3.8, 4) is 11.5 Å². The molecule has 4 heteroatoms. The zero-order valence-electron chi connectivity index (χ0n) is 12.7. The summed E-state index contributed by atoms with van der Waals surface area (Å²) in [5.74, 6) is 1.33. The first-order valence-electron chi connectivity index (χ1n) is 7.28. The van der Waals surface area contributed by atoms with Gasteiger partial charge in [-0.2, -0.15) is 0 Å². The van der Waals surface area contributed by atoms with Crippen molar-refractivity contribution in [1.29, 1.82) is 0 Å². The minimum atomic E-state index is -0.160. The van der Waals surface area contributed by atoms with Crippen molar-refractivity contribution in [2.24, 2.45) is 0 Å². The van der Waals surface area contributed by atoms with Crippen molar-refractivity contribution in [3.05, 3.63) is 84.2 Å². The Kier molecular flexibility index (Phi) is 4.34. The Bertz CT molecular complexity index is 799. The lowest BCUT2D eigenvalue weighted by atomic mass is 10.2. The van der Waals surface area contributed by atoms with Crippen LogP contribution in [0.5, 0.6) is 11.5 Å². The molecule has 0 atom stereocenters. The summed E-state index contributed by atoms with van der Waals surface area (Å²) in [6, 6.07) is 20.3. The maximum Gasteiger partial charge on any atom is 0.255 e. The maximum atomic E-state index is 12.2.